The lowest BCUT2D eigenvalue weighted by molar-refractivity contribution is -0.140. The van der Waals surface area contributed by atoms with Crippen LogP contribution in [0, 0.1) is 17.8 Å². The van der Waals surface area contributed by atoms with Gasteiger partial charge in [-0.2, -0.15) is 0 Å². The minimum Gasteiger partial charge on any atom is -0.315 e. The topological polar surface area (TPSA) is 49.4 Å². The van der Waals surface area contributed by atoms with Crippen LogP contribution in [0.1, 0.15) is 39.5 Å². The largest absolute Gasteiger partial charge is 0.315 e. The maximum absolute atomic E-state index is 12.3. The molecule has 0 radical (unpaired) electrons. The summed E-state index contributed by atoms with van der Waals surface area (Å²) in [5.41, 5.74) is 0. The van der Waals surface area contributed by atoms with Gasteiger partial charge in [0.05, 0.1) is 11.8 Å². The van der Waals surface area contributed by atoms with Crippen molar-refractivity contribution >= 4 is 11.8 Å². The van der Waals surface area contributed by atoms with Crippen LogP contribution in [-0.2, 0) is 9.59 Å². The number of likely N-dealkylation sites (N-methyl/N-ethyl adjacent to an activating group) is 1. The van der Waals surface area contributed by atoms with Crippen LogP contribution in [0.5, 0.6) is 0 Å². The summed E-state index contributed by atoms with van der Waals surface area (Å²) in [6.07, 6.45) is 3.85. The molecule has 1 saturated heterocycles. The molecule has 2 amide bonds. The Kier molecular flexibility index (Phi) is 4.05. The number of amides is 2. The van der Waals surface area contributed by atoms with Crippen molar-refractivity contribution < 1.29 is 9.59 Å². The van der Waals surface area contributed by atoms with E-state index in [4.69, 9.17) is 0 Å². The lowest BCUT2D eigenvalue weighted by atomic mass is 10.00. The van der Waals surface area contributed by atoms with Crippen molar-refractivity contribution in [3.63, 3.8) is 0 Å². The van der Waals surface area contributed by atoms with E-state index in [9.17, 15) is 9.59 Å². The van der Waals surface area contributed by atoms with Crippen molar-refractivity contribution in [2.45, 2.75) is 45.6 Å². The number of carbonyl (C=O) groups excluding carboxylic acids is 2. The van der Waals surface area contributed by atoms with E-state index < -0.39 is 0 Å². The normalized spacial score (nSPS) is 33.1. The van der Waals surface area contributed by atoms with Crippen LogP contribution in [0.25, 0.3) is 0 Å². The van der Waals surface area contributed by atoms with Crippen LogP contribution < -0.4 is 5.32 Å². The molecule has 2 rings (SSSR count). The molecule has 4 nitrogen and oxygen atoms in total. The first-order valence-corrected chi connectivity index (χ1v) is 7.14. The second kappa shape index (κ2) is 5.39. The molecule has 0 bridgehead atoms. The van der Waals surface area contributed by atoms with Gasteiger partial charge in [0.2, 0.25) is 11.8 Å². The fourth-order valence-corrected chi connectivity index (χ4v) is 3.36. The molecular weight excluding hydrogens is 228 g/mol. The van der Waals surface area contributed by atoms with Crippen LogP contribution in [0.3, 0.4) is 0 Å². The van der Waals surface area contributed by atoms with Crippen molar-refractivity contribution in [2.75, 3.05) is 13.6 Å². The van der Waals surface area contributed by atoms with E-state index in [0.29, 0.717) is 12.5 Å². The summed E-state index contributed by atoms with van der Waals surface area (Å²) < 4.78 is 0. The molecule has 4 heteroatoms. The summed E-state index contributed by atoms with van der Waals surface area (Å²) in [5.74, 6) is 0.694. The van der Waals surface area contributed by atoms with E-state index in [2.05, 4.69) is 19.2 Å². The Hall–Kier alpha value is -0.900. The van der Waals surface area contributed by atoms with E-state index in [1.54, 1.807) is 0 Å². The van der Waals surface area contributed by atoms with Gasteiger partial charge in [0.15, 0.2) is 0 Å². The Labute approximate surface area is 109 Å². The third-order valence-corrected chi connectivity index (χ3v) is 4.71. The van der Waals surface area contributed by atoms with Gasteiger partial charge in [0.25, 0.3) is 0 Å². The smallest absolute Gasteiger partial charge is 0.233 e. The molecule has 1 aliphatic carbocycles. The number of carbonyl (C=O) groups is 2. The van der Waals surface area contributed by atoms with E-state index >= 15 is 0 Å². The molecule has 1 aliphatic heterocycles. The SMILES string of the molecule is CCC1CC2C(=O)N(CC(CC)NC)C(=O)C2C1. The number of likely N-dealkylation sites (tertiary alicyclic amines) is 1. The van der Waals surface area contributed by atoms with Crippen LogP contribution >= 0.6 is 0 Å². The molecule has 3 atom stereocenters. The average Bonchev–Trinajstić information content (AvgIpc) is 2.90. The molecule has 0 spiro atoms. The van der Waals surface area contributed by atoms with Crippen LogP contribution in [0.15, 0.2) is 0 Å². The first-order valence-electron chi connectivity index (χ1n) is 7.14. The number of nitrogens with zero attached hydrogens (tertiary/aromatic N) is 1. The van der Waals surface area contributed by atoms with Crippen molar-refractivity contribution in [1.82, 2.24) is 10.2 Å². The molecule has 18 heavy (non-hydrogen) atoms. The van der Waals surface area contributed by atoms with E-state index in [0.717, 1.165) is 25.7 Å². The van der Waals surface area contributed by atoms with Gasteiger partial charge in [-0.25, -0.2) is 0 Å². The van der Waals surface area contributed by atoms with Crippen LogP contribution in [0.2, 0.25) is 0 Å². The fourth-order valence-electron chi connectivity index (χ4n) is 3.36. The summed E-state index contributed by atoms with van der Waals surface area (Å²) in [7, 11) is 1.88. The summed E-state index contributed by atoms with van der Waals surface area (Å²) in [6.45, 7) is 4.75. The van der Waals surface area contributed by atoms with Crippen LogP contribution in [0.4, 0.5) is 0 Å². The number of imide groups is 1. The first kappa shape index (κ1) is 13.5. The highest BCUT2D eigenvalue weighted by Gasteiger charge is 2.52. The van der Waals surface area contributed by atoms with E-state index in [1.807, 2.05) is 7.05 Å². The summed E-state index contributed by atoms with van der Waals surface area (Å²) in [6, 6.07) is 0.221. The van der Waals surface area contributed by atoms with Crippen molar-refractivity contribution in [2.24, 2.45) is 17.8 Å². The van der Waals surface area contributed by atoms with E-state index in [1.165, 1.54) is 4.90 Å². The van der Waals surface area contributed by atoms with Gasteiger partial charge >= 0.3 is 0 Å². The third-order valence-electron chi connectivity index (χ3n) is 4.71. The van der Waals surface area contributed by atoms with Gasteiger partial charge in [-0.05, 0) is 32.2 Å². The second-order valence-corrected chi connectivity index (χ2v) is 5.64. The monoisotopic (exact) mass is 252 g/mol. The lowest BCUT2D eigenvalue weighted by Crippen LogP contribution is -2.43. The summed E-state index contributed by atoms with van der Waals surface area (Å²) >= 11 is 0. The predicted octanol–water partition coefficient (Wildman–Crippen LogP) is 1.41. The molecule has 102 valence electrons. The van der Waals surface area contributed by atoms with Crippen molar-refractivity contribution in [3.05, 3.63) is 0 Å². The van der Waals surface area contributed by atoms with Gasteiger partial charge in [-0.1, -0.05) is 20.3 Å². The quantitative estimate of drug-likeness (QED) is 0.753. The summed E-state index contributed by atoms with van der Waals surface area (Å²) in [5, 5.41) is 3.16. The Balaban J connectivity index is 2.05. The highest BCUT2D eigenvalue weighted by molar-refractivity contribution is 6.05. The molecule has 1 N–H and O–H groups in total. The molecule has 2 fully saturated rings. The zero-order chi connectivity index (χ0) is 13.3. The van der Waals surface area contributed by atoms with Gasteiger partial charge in [0.1, 0.15) is 0 Å². The van der Waals surface area contributed by atoms with Gasteiger partial charge in [0, 0.05) is 12.6 Å². The highest BCUT2D eigenvalue weighted by atomic mass is 16.2. The first-order chi connectivity index (χ1) is 8.62. The number of rotatable bonds is 5. The number of hydrogen-bond donors (Lipinski definition) is 1. The molecule has 0 aromatic rings. The molecule has 1 saturated carbocycles. The fraction of sp³-hybridized carbons (Fsp3) is 0.857. The Morgan fingerprint density at radius 3 is 2.17 bits per heavy atom. The average molecular weight is 252 g/mol. The summed E-state index contributed by atoms with van der Waals surface area (Å²) in [4.78, 5) is 26.1. The predicted molar refractivity (Wildman–Crippen MR) is 69.9 cm³/mol. The maximum Gasteiger partial charge on any atom is 0.233 e. The lowest BCUT2D eigenvalue weighted by Gasteiger charge is -2.22. The highest BCUT2D eigenvalue weighted by Crippen LogP contribution is 2.44. The molecule has 0 aromatic heterocycles. The Morgan fingerprint density at radius 2 is 1.78 bits per heavy atom. The molecule has 1 heterocycles. The van der Waals surface area contributed by atoms with Gasteiger partial charge in [-0.3, -0.25) is 14.5 Å². The van der Waals surface area contributed by atoms with E-state index in [-0.39, 0.29) is 29.7 Å². The Bertz CT molecular complexity index is 315. The zero-order valence-corrected chi connectivity index (χ0v) is 11.6. The number of fused-ring (bicyclic) bond motifs is 1. The van der Waals surface area contributed by atoms with Crippen molar-refractivity contribution in [1.29, 1.82) is 0 Å². The minimum atomic E-state index is -0.0168. The van der Waals surface area contributed by atoms with Gasteiger partial charge in [-0.15, -0.1) is 0 Å². The van der Waals surface area contributed by atoms with Gasteiger partial charge < -0.3 is 5.32 Å². The molecular formula is C14H24N2O2. The molecule has 2 aliphatic rings. The molecule has 0 aromatic carbocycles. The number of hydrogen-bond acceptors (Lipinski definition) is 3. The standard InChI is InChI=1S/C14H24N2O2/c1-4-9-6-11-12(7-9)14(18)16(13(11)17)8-10(5-2)15-3/h9-12,15H,4-8H2,1-3H3. The number of nitrogens with one attached hydrogen (secondary N) is 1. The maximum atomic E-state index is 12.3. The zero-order valence-electron chi connectivity index (χ0n) is 11.6. The third kappa shape index (κ3) is 2.18. The van der Waals surface area contributed by atoms with Crippen LogP contribution in [-0.4, -0.2) is 36.3 Å². The second-order valence-electron chi connectivity index (χ2n) is 5.64. The molecule has 3 unspecified atom stereocenters. The Morgan fingerprint density at radius 1 is 1.22 bits per heavy atom. The minimum absolute atomic E-state index is 0.0168. The van der Waals surface area contributed by atoms with Crippen molar-refractivity contribution in [3.8, 4) is 0 Å².